The van der Waals surface area contributed by atoms with E-state index in [1.165, 1.54) is 4.90 Å². The van der Waals surface area contributed by atoms with Crippen molar-refractivity contribution >= 4 is 5.91 Å². The minimum atomic E-state index is -1.65. The number of hydrogen-bond acceptors (Lipinski definition) is 2. The topological polar surface area (TPSA) is 29.5 Å². The van der Waals surface area contributed by atoms with Crippen LogP contribution >= 0.6 is 0 Å². The van der Waals surface area contributed by atoms with E-state index in [1.54, 1.807) is 7.05 Å². The third-order valence-corrected chi connectivity index (χ3v) is 4.37. The number of ether oxygens (including phenoxy) is 1. The van der Waals surface area contributed by atoms with E-state index in [0.29, 0.717) is 5.92 Å². The van der Waals surface area contributed by atoms with E-state index in [1.807, 2.05) is 6.92 Å². The number of benzene rings is 1. The predicted octanol–water partition coefficient (Wildman–Crippen LogP) is 3.66. The van der Waals surface area contributed by atoms with Gasteiger partial charge in [-0.05, 0) is 18.8 Å². The zero-order valence-corrected chi connectivity index (χ0v) is 13.0. The SMILES string of the molecule is CC1CCCCC1N(C)C(=O)COc1c(F)c(F)cc(F)c1F. The van der Waals surface area contributed by atoms with Crippen LogP contribution in [0.15, 0.2) is 6.07 Å². The molecule has 1 saturated carbocycles. The molecule has 23 heavy (non-hydrogen) atoms. The van der Waals surface area contributed by atoms with Gasteiger partial charge in [0, 0.05) is 19.2 Å². The van der Waals surface area contributed by atoms with Gasteiger partial charge in [-0.25, -0.2) is 8.78 Å². The van der Waals surface area contributed by atoms with Crippen LogP contribution < -0.4 is 4.74 Å². The number of carbonyl (C=O) groups is 1. The Bertz CT molecular complexity index is 568. The average molecular weight is 333 g/mol. The van der Waals surface area contributed by atoms with E-state index in [-0.39, 0.29) is 12.1 Å². The van der Waals surface area contributed by atoms with Gasteiger partial charge in [-0.1, -0.05) is 19.8 Å². The van der Waals surface area contributed by atoms with Crippen molar-refractivity contribution in [2.24, 2.45) is 5.92 Å². The highest BCUT2D eigenvalue weighted by Crippen LogP contribution is 2.28. The van der Waals surface area contributed by atoms with Crippen molar-refractivity contribution in [1.82, 2.24) is 4.90 Å². The van der Waals surface area contributed by atoms with E-state index >= 15 is 0 Å². The zero-order chi connectivity index (χ0) is 17.1. The Labute approximate surface area is 132 Å². The molecule has 7 heteroatoms. The highest BCUT2D eigenvalue weighted by molar-refractivity contribution is 5.77. The van der Waals surface area contributed by atoms with E-state index in [4.69, 9.17) is 4.74 Å². The Balaban J connectivity index is 2.04. The van der Waals surface area contributed by atoms with Crippen LogP contribution in [0.3, 0.4) is 0 Å². The van der Waals surface area contributed by atoms with Crippen molar-refractivity contribution in [3.05, 3.63) is 29.3 Å². The van der Waals surface area contributed by atoms with Crippen molar-refractivity contribution < 1.29 is 27.1 Å². The number of rotatable bonds is 4. The molecule has 0 radical (unpaired) electrons. The van der Waals surface area contributed by atoms with Crippen molar-refractivity contribution in [2.45, 2.75) is 38.6 Å². The summed E-state index contributed by atoms with van der Waals surface area (Å²) in [4.78, 5) is 13.6. The van der Waals surface area contributed by atoms with Gasteiger partial charge >= 0.3 is 0 Å². The van der Waals surface area contributed by atoms with Gasteiger partial charge in [0.05, 0.1) is 0 Å². The van der Waals surface area contributed by atoms with Gasteiger partial charge in [0.15, 0.2) is 24.0 Å². The molecular weight excluding hydrogens is 314 g/mol. The summed E-state index contributed by atoms with van der Waals surface area (Å²) < 4.78 is 57.9. The molecule has 0 bridgehead atoms. The molecule has 0 spiro atoms. The smallest absolute Gasteiger partial charge is 0.260 e. The van der Waals surface area contributed by atoms with Gasteiger partial charge in [-0.3, -0.25) is 4.79 Å². The van der Waals surface area contributed by atoms with Crippen LogP contribution in [0.25, 0.3) is 0 Å². The van der Waals surface area contributed by atoms with Crippen LogP contribution in [-0.2, 0) is 4.79 Å². The maximum Gasteiger partial charge on any atom is 0.260 e. The summed E-state index contributed by atoms with van der Waals surface area (Å²) in [7, 11) is 1.59. The molecule has 0 aromatic heterocycles. The van der Waals surface area contributed by atoms with Crippen molar-refractivity contribution in [3.63, 3.8) is 0 Å². The van der Waals surface area contributed by atoms with Gasteiger partial charge < -0.3 is 9.64 Å². The highest BCUT2D eigenvalue weighted by atomic mass is 19.2. The number of likely N-dealkylation sites (N-methyl/N-ethyl adjacent to an activating group) is 1. The predicted molar refractivity (Wildman–Crippen MR) is 76.0 cm³/mol. The fourth-order valence-corrected chi connectivity index (χ4v) is 2.97. The monoisotopic (exact) mass is 333 g/mol. The second-order valence-electron chi connectivity index (χ2n) is 5.92. The number of halogens is 4. The highest BCUT2D eigenvalue weighted by Gasteiger charge is 2.29. The maximum atomic E-state index is 13.5. The minimum absolute atomic E-state index is 0.0267. The van der Waals surface area contributed by atoms with Crippen molar-refractivity contribution in [1.29, 1.82) is 0 Å². The quantitative estimate of drug-likeness (QED) is 0.622. The summed E-state index contributed by atoms with van der Waals surface area (Å²) in [5.41, 5.74) is 0. The fourth-order valence-electron chi connectivity index (χ4n) is 2.97. The third kappa shape index (κ3) is 3.76. The Kier molecular flexibility index (Phi) is 5.49. The molecule has 1 amide bonds. The summed E-state index contributed by atoms with van der Waals surface area (Å²) in [5, 5.41) is 0. The summed E-state index contributed by atoms with van der Waals surface area (Å²) in [5.74, 6) is -7.82. The second kappa shape index (κ2) is 7.19. The van der Waals surface area contributed by atoms with Crippen molar-refractivity contribution in [2.75, 3.05) is 13.7 Å². The Morgan fingerprint density at radius 3 is 2.30 bits per heavy atom. The second-order valence-corrected chi connectivity index (χ2v) is 5.92. The van der Waals surface area contributed by atoms with Crippen LogP contribution in [0.4, 0.5) is 17.6 Å². The minimum Gasteiger partial charge on any atom is -0.477 e. The average Bonchev–Trinajstić information content (AvgIpc) is 2.52. The standard InChI is InChI=1S/C16H19F4NO2/c1-9-5-3-4-6-12(9)21(2)13(22)8-23-16-14(19)10(17)7-11(18)15(16)20/h7,9,12H,3-6,8H2,1-2H3. The molecule has 2 unspecified atom stereocenters. The van der Waals surface area contributed by atoms with E-state index < -0.39 is 41.5 Å². The van der Waals surface area contributed by atoms with Gasteiger partial charge in [0.1, 0.15) is 0 Å². The van der Waals surface area contributed by atoms with E-state index in [9.17, 15) is 22.4 Å². The maximum absolute atomic E-state index is 13.5. The Morgan fingerprint density at radius 1 is 1.17 bits per heavy atom. The molecule has 0 N–H and O–H groups in total. The normalized spacial score (nSPS) is 21.1. The summed E-state index contributed by atoms with van der Waals surface area (Å²) in [6.45, 7) is 1.35. The number of carbonyl (C=O) groups excluding carboxylic acids is 1. The first-order chi connectivity index (χ1) is 10.8. The first-order valence-corrected chi connectivity index (χ1v) is 7.54. The number of nitrogens with zero attached hydrogens (tertiary/aromatic N) is 1. The molecular formula is C16H19F4NO2. The lowest BCUT2D eigenvalue weighted by atomic mass is 9.85. The molecule has 1 aromatic rings. The molecule has 2 rings (SSSR count). The van der Waals surface area contributed by atoms with Crippen LogP contribution in [0.2, 0.25) is 0 Å². The zero-order valence-electron chi connectivity index (χ0n) is 13.0. The molecule has 1 aliphatic rings. The van der Waals surface area contributed by atoms with Crippen LogP contribution in [0.5, 0.6) is 5.75 Å². The van der Waals surface area contributed by atoms with E-state index in [0.717, 1.165) is 25.7 Å². The molecule has 0 aliphatic heterocycles. The lowest BCUT2D eigenvalue weighted by Gasteiger charge is -2.36. The summed E-state index contributed by atoms with van der Waals surface area (Å²) in [6.07, 6.45) is 3.96. The van der Waals surface area contributed by atoms with Gasteiger partial charge in [0.2, 0.25) is 11.6 Å². The van der Waals surface area contributed by atoms with E-state index in [2.05, 4.69) is 0 Å². The summed E-state index contributed by atoms with van der Waals surface area (Å²) in [6, 6.07) is 0.119. The lowest BCUT2D eigenvalue weighted by molar-refractivity contribution is -0.135. The lowest BCUT2D eigenvalue weighted by Crippen LogP contribution is -2.44. The molecule has 1 aromatic carbocycles. The van der Waals surface area contributed by atoms with Crippen LogP contribution in [0, 0.1) is 29.2 Å². The number of amides is 1. The van der Waals surface area contributed by atoms with Crippen LogP contribution in [-0.4, -0.2) is 30.5 Å². The summed E-state index contributed by atoms with van der Waals surface area (Å²) >= 11 is 0. The first kappa shape index (κ1) is 17.6. The third-order valence-electron chi connectivity index (χ3n) is 4.37. The Hall–Kier alpha value is -1.79. The van der Waals surface area contributed by atoms with Gasteiger partial charge in [-0.15, -0.1) is 0 Å². The molecule has 3 nitrogen and oxygen atoms in total. The van der Waals surface area contributed by atoms with Crippen molar-refractivity contribution in [3.8, 4) is 5.75 Å². The molecule has 0 saturated heterocycles. The molecule has 128 valence electrons. The van der Waals surface area contributed by atoms with Gasteiger partial charge in [0.25, 0.3) is 5.91 Å². The molecule has 1 fully saturated rings. The largest absolute Gasteiger partial charge is 0.477 e. The van der Waals surface area contributed by atoms with Crippen LogP contribution in [0.1, 0.15) is 32.6 Å². The Morgan fingerprint density at radius 2 is 1.74 bits per heavy atom. The first-order valence-electron chi connectivity index (χ1n) is 7.54. The molecule has 0 heterocycles. The number of hydrogen-bond donors (Lipinski definition) is 0. The van der Waals surface area contributed by atoms with Gasteiger partial charge in [-0.2, -0.15) is 8.78 Å². The molecule has 1 aliphatic carbocycles. The molecule has 2 atom stereocenters. The fraction of sp³-hybridized carbons (Fsp3) is 0.562.